The first-order valence-electron chi connectivity index (χ1n) is 14.0. The number of nitrogens with zero attached hydrogens (tertiary/aromatic N) is 5. The van der Waals surface area contributed by atoms with E-state index in [0.717, 1.165) is 68.2 Å². The van der Waals surface area contributed by atoms with Crippen molar-refractivity contribution < 1.29 is 14.3 Å². The summed E-state index contributed by atoms with van der Waals surface area (Å²) in [6.07, 6.45) is 4.46. The summed E-state index contributed by atoms with van der Waals surface area (Å²) in [6.45, 7) is 7.09. The normalized spacial score (nSPS) is 20.1. The largest absolute Gasteiger partial charge is 0.497 e. The molecule has 0 bridgehead atoms. The van der Waals surface area contributed by atoms with Crippen LogP contribution in [0.15, 0.2) is 53.6 Å². The Kier molecular flexibility index (Phi) is 9.09. The number of hydrogen-bond acceptors (Lipinski definition) is 8. The predicted octanol–water partition coefficient (Wildman–Crippen LogP) is 5.08. The van der Waals surface area contributed by atoms with E-state index < -0.39 is 5.97 Å². The Morgan fingerprint density at radius 1 is 0.974 bits per heavy atom. The topological polar surface area (TPSA) is 72.7 Å². The van der Waals surface area contributed by atoms with E-state index in [1.165, 1.54) is 11.3 Å². The maximum atomic E-state index is 12.7. The monoisotopic (exact) mass is 549 g/mol. The zero-order valence-corrected chi connectivity index (χ0v) is 24.0. The van der Waals surface area contributed by atoms with Gasteiger partial charge in [-0.05, 0) is 81.0 Å². The van der Waals surface area contributed by atoms with E-state index in [9.17, 15) is 4.79 Å². The van der Waals surface area contributed by atoms with E-state index in [4.69, 9.17) is 9.47 Å². The average molecular weight is 550 g/mol. The standard InChI is InChI=1S/C30H39N5O3S/c1-4-38-30(36)28-29(35(32-31-28)21-22-5-13-26(37-3)14-6-22)39-27-15-9-24(10-16-27)23-7-11-25(12-8-23)34-19-17-33(2)18-20-34/h5-8,11-14,24,27H,4,9-10,15-21H2,1-3H3. The van der Waals surface area contributed by atoms with Gasteiger partial charge in [0.1, 0.15) is 10.8 Å². The Balaban J connectivity index is 1.23. The van der Waals surface area contributed by atoms with Crippen molar-refractivity contribution in [2.75, 3.05) is 51.8 Å². The van der Waals surface area contributed by atoms with E-state index in [1.807, 2.05) is 35.9 Å². The maximum absolute atomic E-state index is 12.7. The van der Waals surface area contributed by atoms with Gasteiger partial charge in [0.25, 0.3) is 0 Å². The van der Waals surface area contributed by atoms with Crippen molar-refractivity contribution in [2.24, 2.45) is 0 Å². The Morgan fingerprint density at radius 3 is 2.31 bits per heavy atom. The molecule has 2 fully saturated rings. The van der Waals surface area contributed by atoms with Crippen LogP contribution in [-0.2, 0) is 11.3 Å². The second-order valence-electron chi connectivity index (χ2n) is 10.4. The van der Waals surface area contributed by atoms with Crippen LogP contribution in [0.1, 0.15) is 60.1 Å². The number of benzene rings is 2. The van der Waals surface area contributed by atoms with Gasteiger partial charge in [0.05, 0.1) is 20.3 Å². The van der Waals surface area contributed by atoms with Gasteiger partial charge in [-0.25, -0.2) is 9.48 Å². The molecule has 1 aliphatic heterocycles. The highest BCUT2D eigenvalue weighted by atomic mass is 32.2. The SMILES string of the molecule is CCOC(=O)c1nnn(Cc2ccc(OC)cc2)c1SC1CCC(c2ccc(N3CCN(C)CC3)cc2)CC1. The van der Waals surface area contributed by atoms with Gasteiger partial charge >= 0.3 is 5.97 Å². The predicted molar refractivity (Wildman–Crippen MR) is 155 cm³/mol. The Hall–Kier alpha value is -3.04. The molecule has 2 aliphatic rings. The fourth-order valence-electron chi connectivity index (χ4n) is 5.45. The van der Waals surface area contributed by atoms with Gasteiger partial charge in [0, 0.05) is 37.1 Å². The van der Waals surface area contributed by atoms with Crippen LogP contribution in [0.2, 0.25) is 0 Å². The number of aromatic nitrogens is 3. The summed E-state index contributed by atoms with van der Waals surface area (Å²) in [4.78, 5) is 17.6. The molecule has 8 nitrogen and oxygen atoms in total. The first-order valence-corrected chi connectivity index (χ1v) is 14.9. The fourth-order valence-corrected chi connectivity index (χ4v) is 6.73. The van der Waals surface area contributed by atoms with Crippen LogP contribution in [0.3, 0.4) is 0 Å². The van der Waals surface area contributed by atoms with Crippen molar-refractivity contribution in [3.05, 3.63) is 65.4 Å². The number of carbonyl (C=O) groups excluding carboxylic acids is 1. The lowest BCUT2D eigenvalue weighted by molar-refractivity contribution is 0.0514. The van der Waals surface area contributed by atoms with Gasteiger partial charge in [-0.3, -0.25) is 0 Å². The van der Waals surface area contributed by atoms with Gasteiger partial charge in [-0.1, -0.05) is 29.5 Å². The van der Waals surface area contributed by atoms with Crippen LogP contribution < -0.4 is 9.64 Å². The number of esters is 1. The number of rotatable bonds is 9. The summed E-state index contributed by atoms with van der Waals surface area (Å²) in [5.74, 6) is 0.982. The molecule has 1 saturated carbocycles. The summed E-state index contributed by atoms with van der Waals surface area (Å²) in [5.41, 5.74) is 4.16. The number of likely N-dealkylation sites (N-methyl/N-ethyl adjacent to an activating group) is 1. The first kappa shape index (κ1) is 27.5. The minimum absolute atomic E-state index is 0.312. The van der Waals surface area contributed by atoms with Gasteiger partial charge in [-0.15, -0.1) is 16.9 Å². The second kappa shape index (κ2) is 12.9. The molecular weight excluding hydrogens is 510 g/mol. The van der Waals surface area contributed by atoms with Crippen molar-refractivity contribution in [1.82, 2.24) is 19.9 Å². The summed E-state index contributed by atoms with van der Waals surface area (Å²) in [7, 11) is 3.85. The lowest BCUT2D eigenvalue weighted by Gasteiger charge is -2.34. The zero-order valence-electron chi connectivity index (χ0n) is 23.2. The molecule has 0 amide bonds. The third-order valence-electron chi connectivity index (χ3n) is 7.84. The van der Waals surface area contributed by atoms with Crippen molar-refractivity contribution >= 4 is 23.4 Å². The molecule has 0 unspecified atom stereocenters. The summed E-state index contributed by atoms with van der Waals surface area (Å²) < 4.78 is 12.4. The van der Waals surface area contributed by atoms with Crippen LogP contribution in [-0.4, -0.2) is 78.1 Å². The molecule has 1 saturated heterocycles. The third-order valence-corrected chi connectivity index (χ3v) is 9.27. The molecule has 9 heteroatoms. The lowest BCUT2D eigenvalue weighted by Crippen LogP contribution is -2.44. The summed E-state index contributed by atoms with van der Waals surface area (Å²) in [6, 6.07) is 17.2. The number of thioether (sulfide) groups is 1. The zero-order chi connectivity index (χ0) is 27.2. The summed E-state index contributed by atoms with van der Waals surface area (Å²) in [5, 5.41) is 9.78. The van der Waals surface area contributed by atoms with Crippen molar-refractivity contribution in [3.63, 3.8) is 0 Å². The minimum atomic E-state index is -0.407. The molecular formula is C30H39N5O3S. The molecule has 0 spiro atoms. The van der Waals surface area contributed by atoms with Gasteiger partial charge in [-0.2, -0.15) is 0 Å². The quantitative estimate of drug-likeness (QED) is 0.342. The average Bonchev–Trinajstić information content (AvgIpc) is 3.36. The molecule has 1 aliphatic carbocycles. The molecule has 5 rings (SSSR count). The van der Waals surface area contributed by atoms with Gasteiger partial charge in [0.15, 0.2) is 0 Å². The molecule has 0 radical (unpaired) electrons. The molecule has 208 valence electrons. The molecule has 0 atom stereocenters. The van der Waals surface area contributed by atoms with Crippen LogP contribution in [0.5, 0.6) is 5.75 Å². The van der Waals surface area contributed by atoms with E-state index in [2.05, 4.69) is 51.4 Å². The molecule has 39 heavy (non-hydrogen) atoms. The smallest absolute Gasteiger partial charge is 0.361 e. The van der Waals surface area contributed by atoms with E-state index in [1.54, 1.807) is 18.9 Å². The Morgan fingerprint density at radius 2 is 1.67 bits per heavy atom. The number of methoxy groups -OCH3 is 1. The number of piperazine rings is 1. The van der Waals surface area contributed by atoms with Crippen LogP contribution in [0, 0.1) is 0 Å². The van der Waals surface area contributed by atoms with Gasteiger partial charge in [0.2, 0.25) is 5.69 Å². The van der Waals surface area contributed by atoms with Crippen molar-refractivity contribution in [2.45, 2.75) is 55.3 Å². The Labute approximate surface area is 235 Å². The van der Waals surface area contributed by atoms with Crippen molar-refractivity contribution in [1.29, 1.82) is 0 Å². The van der Waals surface area contributed by atoms with Crippen molar-refractivity contribution in [3.8, 4) is 5.75 Å². The number of anilines is 1. The van der Waals surface area contributed by atoms with Crippen LogP contribution >= 0.6 is 11.8 Å². The number of hydrogen-bond donors (Lipinski definition) is 0. The molecule has 2 aromatic carbocycles. The fraction of sp³-hybridized carbons (Fsp3) is 0.500. The highest BCUT2D eigenvalue weighted by Gasteiger charge is 2.28. The van der Waals surface area contributed by atoms with E-state index >= 15 is 0 Å². The molecule has 3 aromatic rings. The summed E-state index contributed by atoms with van der Waals surface area (Å²) >= 11 is 1.73. The molecule has 1 aromatic heterocycles. The number of ether oxygens (including phenoxy) is 2. The van der Waals surface area contributed by atoms with E-state index in [-0.39, 0.29) is 0 Å². The maximum Gasteiger partial charge on any atom is 0.361 e. The second-order valence-corrected chi connectivity index (χ2v) is 11.7. The highest BCUT2D eigenvalue weighted by Crippen LogP contribution is 2.41. The van der Waals surface area contributed by atoms with Crippen LogP contribution in [0.4, 0.5) is 5.69 Å². The highest BCUT2D eigenvalue weighted by molar-refractivity contribution is 7.99. The molecule has 0 N–H and O–H groups in total. The Bertz CT molecular complexity index is 1210. The molecule has 2 heterocycles. The first-order chi connectivity index (χ1) is 19.0. The van der Waals surface area contributed by atoms with E-state index in [0.29, 0.717) is 30.0 Å². The lowest BCUT2D eigenvalue weighted by atomic mass is 9.84. The number of carbonyl (C=O) groups is 1. The van der Waals surface area contributed by atoms with Gasteiger partial charge < -0.3 is 19.3 Å². The minimum Gasteiger partial charge on any atom is -0.497 e. The third kappa shape index (κ3) is 6.76. The van der Waals surface area contributed by atoms with Crippen LogP contribution in [0.25, 0.3) is 0 Å².